The van der Waals surface area contributed by atoms with E-state index in [0.717, 1.165) is 25.8 Å². The lowest BCUT2D eigenvalue weighted by Gasteiger charge is -2.37. The Morgan fingerprint density at radius 1 is 1.38 bits per heavy atom. The van der Waals surface area contributed by atoms with E-state index in [1.807, 2.05) is 0 Å². The van der Waals surface area contributed by atoms with Crippen LogP contribution in [0.2, 0.25) is 0 Å². The summed E-state index contributed by atoms with van der Waals surface area (Å²) >= 11 is 1.78. The van der Waals surface area contributed by atoms with Crippen molar-refractivity contribution in [1.29, 1.82) is 0 Å². The van der Waals surface area contributed by atoms with Gasteiger partial charge in [0.2, 0.25) is 0 Å². The fraction of sp³-hybridized carbons (Fsp3) is 0.450. The molecule has 4 heteroatoms. The molecule has 2 unspecified atom stereocenters. The molecular weight excluding hydrogens is 318 g/mol. The molecule has 24 heavy (non-hydrogen) atoms. The van der Waals surface area contributed by atoms with E-state index in [-0.39, 0.29) is 12.0 Å². The predicted molar refractivity (Wildman–Crippen MR) is 98.7 cm³/mol. The van der Waals surface area contributed by atoms with Gasteiger partial charge >= 0.3 is 5.97 Å². The molecule has 1 aromatic carbocycles. The molecule has 3 rings (SSSR count). The van der Waals surface area contributed by atoms with Crippen LogP contribution in [-0.2, 0) is 11.2 Å². The Labute approximate surface area is 147 Å². The second kappa shape index (κ2) is 7.49. The zero-order chi connectivity index (χ0) is 17.1. The van der Waals surface area contributed by atoms with Crippen LogP contribution in [0.5, 0.6) is 0 Å². The third-order valence-corrected chi connectivity index (χ3v) is 5.99. The minimum atomic E-state index is -0.665. The number of aliphatic carboxylic acids is 1. The van der Waals surface area contributed by atoms with E-state index in [0.29, 0.717) is 6.54 Å². The SMILES string of the molecule is CCc1ccc(C(c2cc(C)cs2)N2CCCC(C(=O)O)C2)cc1. The predicted octanol–water partition coefficient (Wildman–Crippen LogP) is 4.50. The molecule has 1 N–H and O–H groups in total. The summed E-state index contributed by atoms with van der Waals surface area (Å²) in [6.45, 7) is 5.87. The van der Waals surface area contributed by atoms with Gasteiger partial charge in [-0.1, -0.05) is 31.2 Å². The maximum Gasteiger partial charge on any atom is 0.307 e. The number of carboxylic acid groups (broad SMARTS) is 1. The monoisotopic (exact) mass is 343 g/mol. The fourth-order valence-corrected chi connectivity index (χ4v) is 4.59. The van der Waals surface area contributed by atoms with Crippen LogP contribution >= 0.6 is 11.3 Å². The fourth-order valence-electron chi connectivity index (χ4n) is 3.53. The van der Waals surface area contributed by atoms with Gasteiger partial charge in [-0.2, -0.15) is 0 Å². The van der Waals surface area contributed by atoms with Crippen molar-refractivity contribution in [3.63, 3.8) is 0 Å². The van der Waals surface area contributed by atoms with Gasteiger partial charge < -0.3 is 5.11 Å². The summed E-state index contributed by atoms with van der Waals surface area (Å²) in [6.07, 6.45) is 2.77. The molecule has 128 valence electrons. The van der Waals surface area contributed by atoms with E-state index in [1.54, 1.807) is 11.3 Å². The van der Waals surface area contributed by atoms with Gasteiger partial charge in [-0.15, -0.1) is 11.3 Å². The van der Waals surface area contributed by atoms with Crippen LogP contribution in [0.25, 0.3) is 0 Å². The molecule has 1 saturated heterocycles. The van der Waals surface area contributed by atoms with Crippen molar-refractivity contribution >= 4 is 17.3 Å². The molecule has 2 aromatic rings. The molecule has 0 aliphatic carbocycles. The first-order chi connectivity index (χ1) is 11.6. The number of aryl methyl sites for hydroxylation is 2. The molecule has 2 atom stereocenters. The molecule has 0 bridgehead atoms. The molecule has 1 fully saturated rings. The van der Waals surface area contributed by atoms with Crippen molar-refractivity contribution < 1.29 is 9.90 Å². The van der Waals surface area contributed by atoms with Crippen LogP contribution in [0, 0.1) is 12.8 Å². The maximum absolute atomic E-state index is 11.5. The summed E-state index contributed by atoms with van der Waals surface area (Å²) in [5.74, 6) is -0.917. The van der Waals surface area contributed by atoms with Crippen molar-refractivity contribution in [1.82, 2.24) is 4.90 Å². The van der Waals surface area contributed by atoms with Gasteiger partial charge in [0.25, 0.3) is 0 Å². The molecule has 2 heterocycles. The van der Waals surface area contributed by atoms with Crippen LogP contribution in [0.15, 0.2) is 35.7 Å². The lowest BCUT2D eigenvalue weighted by molar-refractivity contribution is -0.143. The Bertz CT molecular complexity index is 692. The number of benzene rings is 1. The second-order valence-corrected chi connectivity index (χ2v) is 7.64. The van der Waals surface area contributed by atoms with Crippen molar-refractivity contribution in [3.8, 4) is 0 Å². The zero-order valence-corrected chi connectivity index (χ0v) is 15.2. The second-order valence-electron chi connectivity index (χ2n) is 6.70. The molecule has 1 aromatic heterocycles. The van der Waals surface area contributed by atoms with Crippen LogP contribution in [-0.4, -0.2) is 29.1 Å². The highest BCUT2D eigenvalue weighted by Gasteiger charge is 2.31. The summed E-state index contributed by atoms with van der Waals surface area (Å²) in [6, 6.07) is 11.2. The Morgan fingerprint density at radius 3 is 2.71 bits per heavy atom. The first-order valence-corrected chi connectivity index (χ1v) is 9.57. The number of carboxylic acids is 1. The van der Waals surface area contributed by atoms with Crippen LogP contribution in [0.4, 0.5) is 0 Å². The van der Waals surface area contributed by atoms with Crippen LogP contribution < -0.4 is 0 Å². The lowest BCUT2D eigenvalue weighted by atomic mass is 9.93. The number of piperidine rings is 1. The standard InChI is InChI=1S/C20H25NO2S/c1-3-15-6-8-16(9-7-15)19(18-11-14(2)13-24-18)21-10-4-5-17(12-21)20(22)23/h6-9,11,13,17,19H,3-5,10,12H2,1-2H3,(H,22,23). The summed E-state index contributed by atoms with van der Waals surface area (Å²) in [5, 5.41) is 11.6. The quantitative estimate of drug-likeness (QED) is 0.868. The number of thiophene rings is 1. The largest absolute Gasteiger partial charge is 0.481 e. The Morgan fingerprint density at radius 2 is 2.12 bits per heavy atom. The average molecular weight is 343 g/mol. The highest BCUT2D eigenvalue weighted by atomic mass is 32.1. The summed E-state index contributed by atoms with van der Waals surface area (Å²) in [7, 11) is 0. The van der Waals surface area contributed by atoms with Gasteiger partial charge in [0.15, 0.2) is 0 Å². The Hall–Kier alpha value is -1.65. The van der Waals surface area contributed by atoms with Gasteiger partial charge in [0.05, 0.1) is 12.0 Å². The first kappa shape index (κ1) is 17.2. The van der Waals surface area contributed by atoms with Gasteiger partial charge in [0, 0.05) is 11.4 Å². The van der Waals surface area contributed by atoms with E-state index in [9.17, 15) is 9.90 Å². The Balaban J connectivity index is 1.93. The number of hydrogen-bond donors (Lipinski definition) is 1. The molecule has 0 amide bonds. The van der Waals surface area contributed by atoms with E-state index < -0.39 is 5.97 Å². The first-order valence-electron chi connectivity index (χ1n) is 8.69. The molecule has 3 nitrogen and oxygen atoms in total. The average Bonchev–Trinajstić information content (AvgIpc) is 3.02. The molecule has 1 aliphatic heterocycles. The van der Waals surface area contributed by atoms with Gasteiger partial charge in [-0.05, 0) is 60.9 Å². The minimum absolute atomic E-state index is 0.164. The molecule has 0 saturated carbocycles. The molecular formula is C20H25NO2S. The number of carbonyl (C=O) groups is 1. The molecule has 0 spiro atoms. The Kier molecular flexibility index (Phi) is 5.36. The summed E-state index contributed by atoms with van der Waals surface area (Å²) in [5.41, 5.74) is 3.87. The van der Waals surface area contributed by atoms with Crippen molar-refractivity contribution in [2.24, 2.45) is 5.92 Å². The molecule has 1 aliphatic rings. The minimum Gasteiger partial charge on any atom is -0.481 e. The normalized spacial score (nSPS) is 20.0. The number of nitrogens with zero attached hydrogens (tertiary/aromatic N) is 1. The van der Waals surface area contributed by atoms with E-state index in [2.05, 4.69) is 54.5 Å². The van der Waals surface area contributed by atoms with E-state index in [4.69, 9.17) is 0 Å². The lowest BCUT2D eigenvalue weighted by Crippen LogP contribution is -2.41. The zero-order valence-electron chi connectivity index (χ0n) is 14.4. The molecule has 0 radical (unpaired) electrons. The van der Waals surface area contributed by atoms with Crippen LogP contribution in [0.1, 0.15) is 47.4 Å². The van der Waals surface area contributed by atoms with Gasteiger partial charge in [0.1, 0.15) is 0 Å². The van der Waals surface area contributed by atoms with Crippen molar-refractivity contribution in [2.75, 3.05) is 13.1 Å². The topological polar surface area (TPSA) is 40.5 Å². The van der Waals surface area contributed by atoms with Crippen molar-refractivity contribution in [2.45, 2.75) is 39.2 Å². The summed E-state index contributed by atoms with van der Waals surface area (Å²) < 4.78 is 0. The van der Waals surface area contributed by atoms with Gasteiger partial charge in [-0.25, -0.2) is 0 Å². The summed E-state index contributed by atoms with van der Waals surface area (Å²) in [4.78, 5) is 15.1. The third kappa shape index (κ3) is 3.70. The number of hydrogen-bond acceptors (Lipinski definition) is 3. The maximum atomic E-state index is 11.5. The third-order valence-electron chi connectivity index (χ3n) is 4.89. The van der Waals surface area contributed by atoms with E-state index >= 15 is 0 Å². The van der Waals surface area contributed by atoms with E-state index in [1.165, 1.54) is 21.6 Å². The highest BCUT2D eigenvalue weighted by molar-refractivity contribution is 7.10. The van der Waals surface area contributed by atoms with Gasteiger partial charge in [-0.3, -0.25) is 9.69 Å². The smallest absolute Gasteiger partial charge is 0.307 e. The number of likely N-dealkylation sites (tertiary alicyclic amines) is 1. The van der Waals surface area contributed by atoms with Crippen LogP contribution in [0.3, 0.4) is 0 Å². The number of rotatable bonds is 5. The van der Waals surface area contributed by atoms with Crippen molar-refractivity contribution in [3.05, 3.63) is 57.3 Å². The highest BCUT2D eigenvalue weighted by Crippen LogP contribution is 2.36.